The molecular weight excluding hydrogens is 246 g/mol. The molecule has 0 N–H and O–H groups in total. The second-order valence-corrected chi connectivity index (χ2v) is 4.44. The lowest BCUT2D eigenvalue weighted by molar-refractivity contribution is 0.126. The fourth-order valence-electron chi connectivity index (χ4n) is 1.45. The van der Waals surface area contributed by atoms with Gasteiger partial charge in [0.25, 0.3) is 0 Å². The van der Waals surface area contributed by atoms with Gasteiger partial charge in [0.05, 0.1) is 0 Å². The van der Waals surface area contributed by atoms with Gasteiger partial charge in [0.15, 0.2) is 11.6 Å². The topological polar surface area (TPSA) is 9.23 Å². The zero-order valence-corrected chi connectivity index (χ0v) is 12.1. The Balaban J connectivity index is 0.000000356. The van der Waals surface area contributed by atoms with Gasteiger partial charge in [0.2, 0.25) is 0 Å². The highest BCUT2D eigenvalue weighted by Gasteiger charge is 1.93. The normalized spacial score (nSPS) is 9.89. The minimum Gasteiger partial charge on any atom is -0.381 e. The number of rotatable bonds is 8. The first kappa shape index (κ1) is 18.0. The summed E-state index contributed by atoms with van der Waals surface area (Å²) < 4.78 is 29.3. The first-order valence-corrected chi connectivity index (χ1v) is 7.20. The Hall–Kier alpha value is -0.960. The number of hydrogen-bond donors (Lipinski definition) is 0. The van der Waals surface area contributed by atoms with E-state index in [-0.39, 0.29) is 0 Å². The maximum absolute atomic E-state index is 11.9. The lowest BCUT2D eigenvalue weighted by Crippen LogP contribution is -1.96. The van der Waals surface area contributed by atoms with Crippen LogP contribution < -0.4 is 0 Å². The van der Waals surface area contributed by atoms with Gasteiger partial charge in [-0.3, -0.25) is 0 Å². The van der Waals surface area contributed by atoms with Crippen LogP contribution in [-0.2, 0) is 4.74 Å². The molecule has 0 bridgehead atoms. The first-order chi connectivity index (χ1) is 9.22. The molecule has 0 saturated carbocycles. The average Bonchev–Trinajstić information content (AvgIpc) is 2.42. The summed E-state index contributed by atoms with van der Waals surface area (Å²) in [5, 5.41) is 0. The minimum absolute atomic E-state index is 0.799. The Bertz CT molecular complexity index is 274. The molecule has 1 rings (SSSR count). The average molecular weight is 272 g/mol. The molecule has 0 amide bonds. The first-order valence-electron chi connectivity index (χ1n) is 7.20. The van der Waals surface area contributed by atoms with Gasteiger partial charge in [-0.2, -0.15) is 0 Å². The maximum Gasteiger partial charge on any atom is 0.158 e. The van der Waals surface area contributed by atoms with Crippen molar-refractivity contribution in [2.24, 2.45) is 0 Å². The second-order valence-electron chi connectivity index (χ2n) is 4.44. The van der Waals surface area contributed by atoms with Crippen LogP contribution in [0.2, 0.25) is 0 Å². The third-order valence-electron chi connectivity index (χ3n) is 2.61. The van der Waals surface area contributed by atoms with Crippen molar-refractivity contribution in [2.75, 3.05) is 13.2 Å². The van der Waals surface area contributed by atoms with Gasteiger partial charge < -0.3 is 4.74 Å². The highest BCUT2D eigenvalue weighted by atomic mass is 19.2. The number of hydrogen-bond acceptors (Lipinski definition) is 1. The highest BCUT2D eigenvalue weighted by Crippen LogP contribution is 2.01. The summed E-state index contributed by atoms with van der Waals surface area (Å²) in [4.78, 5) is 0. The standard InChI is InChI=1S/C10H22O.C6H4F2/c1-3-5-7-9-11-10-8-6-4-2;7-5-3-1-2-4-6(5)8/h3-10H2,1-2H3;1-4H. The summed E-state index contributed by atoms with van der Waals surface area (Å²) in [5.74, 6) is -1.60. The maximum atomic E-state index is 11.9. The van der Waals surface area contributed by atoms with Crippen molar-refractivity contribution < 1.29 is 13.5 Å². The van der Waals surface area contributed by atoms with Crippen molar-refractivity contribution in [3.8, 4) is 0 Å². The van der Waals surface area contributed by atoms with E-state index in [4.69, 9.17) is 4.74 Å². The zero-order chi connectivity index (χ0) is 14.3. The molecule has 0 heterocycles. The van der Waals surface area contributed by atoms with E-state index in [2.05, 4.69) is 13.8 Å². The van der Waals surface area contributed by atoms with Crippen LogP contribution in [0.4, 0.5) is 8.78 Å². The number of ether oxygens (including phenoxy) is 1. The molecule has 19 heavy (non-hydrogen) atoms. The summed E-state index contributed by atoms with van der Waals surface area (Å²) in [6.07, 6.45) is 7.68. The third-order valence-corrected chi connectivity index (χ3v) is 2.61. The molecule has 0 aromatic heterocycles. The van der Waals surface area contributed by atoms with E-state index < -0.39 is 11.6 Å². The molecule has 0 fully saturated rings. The van der Waals surface area contributed by atoms with Crippen LogP contribution in [0, 0.1) is 11.6 Å². The molecule has 1 nitrogen and oxygen atoms in total. The van der Waals surface area contributed by atoms with E-state index in [0.717, 1.165) is 25.3 Å². The molecular formula is C16H26F2O. The molecule has 0 saturated heterocycles. The van der Waals surface area contributed by atoms with Crippen LogP contribution in [0.5, 0.6) is 0 Å². The van der Waals surface area contributed by atoms with E-state index in [1.165, 1.54) is 50.7 Å². The molecule has 1 aromatic rings. The lowest BCUT2D eigenvalue weighted by Gasteiger charge is -2.01. The van der Waals surface area contributed by atoms with Gasteiger partial charge in [-0.05, 0) is 25.0 Å². The summed E-state index contributed by atoms with van der Waals surface area (Å²) in [5.41, 5.74) is 0. The van der Waals surface area contributed by atoms with Crippen molar-refractivity contribution in [3.63, 3.8) is 0 Å². The Morgan fingerprint density at radius 3 is 1.53 bits per heavy atom. The molecule has 1 aromatic carbocycles. The van der Waals surface area contributed by atoms with Crippen LogP contribution in [0.3, 0.4) is 0 Å². The van der Waals surface area contributed by atoms with Gasteiger partial charge in [-0.15, -0.1) is 0 Å². The van der Waals surface area contributed by atoms with Gasteiger partial charge in [0.1, 0.15) is 0 Å². The van der Waals surface area contributed by atoms with E-state index in [0.29, 0.717) is 0 Å². The Kier molecular flexibility index (Phi) is 12.8. The monoisotopic (exact) mass is 272 g/mol. The minimum atomic E-state index is -0.799. The fourth-order valence-corrected chi connectivity index (χ4v) is 1.45. The van der Waals surface area contributed by atoms with Crippen molar-refractivity contribution in [1.29, 1.82) is 0 Å². The van der Waals surface area contributed by atoms with E-state index >= 15 is 0 Å². The van der Waals surface area contributed by atoms with Crippen molar-refractivity contribution in [2.45, 2.75) is 52.4 Å². The largest absolute Gasteiger partial charge is 0.381 e. The summed E-state index contributed by atoms with van der Waals surface area (Å²) in [6, 6.07) is 5.04. The van der Waals surface area contributed by atoms with Crippen molar-refractivity contribution in [3.05, 3.63) is 35.9 Å². The second kappa shape index (κ2) is 13.5. The molecule has 0 radical (unpaired) electrons. The fraction of sp³-hybridized carbons (Fsp3) is 0.625. The van der Waals surface area contributed by atoms with Crippen LogP contribution in [-0.4, -0.2) is 13.2 Å². The number of unbranched alkanes of at least 4 members (excludes halogenated alkanes) is 4. The Morgan fingerprint density at radius 1 is 0.789 bits per heavy atom. The van der Waals surface area contributed by atoms with Gasteiger partial charge in [0, 0.05) is 13.2 Å². The molecule has 0 spiro atoms. The van der Waals surface area contributed by atoms with Crippen LogP contribution >= 0.6 is 0 Å². The molecule has 0 aliphatic carbocycles. The molecule has 110 valence electrons. The molecule has 0 unspecified atom stereocenters. The van der Waals surface area contributed by atoms with E-state index in [9.17, 15) is 8.78 Å². The van der Waals surface area contributed by atoms with Crippen LogP contribution in [0.15, 0.2) is 24.3 Å². The highest BCUT2D eigenvalue weighted by molar-refractivity contribution is 5.05. The van der Waals surface area contributed by atoms with Gasteiger partial charge >= 0.3 is 0 Å². The van der Waals surface area contributed by atoms with Crippen LogP contribution in [0.1, 0.15) is 52.4 Å². The predicted molar refractivity (Wildman–Crippen MR) is 76.2 cm³/mol. The van der Waals surface area contributed by atoms with E-state index in [1.54, 1.807) is 0 Å². The molecule has 0 aliphatic heterocycles. The third kappa shape index (κ3) is 11.8. The number of halogens is 2. The SMILES string of the molecule is CCCCCOCCCCC.Fc1ccccc1F. The number of benzene rings is 1. The zero-order valence-electron chi connectivity index (χ0n) is 12.1. The van der Waals surface area contributed by atoms with Crippen LogP contribution in [0.25, 0.3) is 0 Å². The Morgan fingerprint density at radius 2 is 1.21 bits per heavy atom. The molecule has 0 aliphatic rings. The lowest BCUT2D eigenvalue weighted by atomic mass is 10.2. The predicted octanol–water partition coefficient (Wildman–Crippen LogP) is 5.35. The Labute approximate surface area is 116 Å². The summed E-state index contributed by atoms with van der Waals surface area (Å²) in [6.45, 7) is 6.38. The van der Waals surface area contributed by atoms with Crippen molar-refractivity contribution in [1.82, 2.24) is 0 Å². The van der Waals surface area contributed by atoms with Crippen molar-refractivity contribution >= 4 is 0 Å². The molecule has 3 heteroatoms. The van der Waals surface area contributed by atoms with Gasteiger partial charge in [-0.1, -0.05) is 51.7 Å². The summed E-state index contributed by atoms with van der Waals surface area (Å²) >= 11 is 0. The van der Waals surface area contributed by atoms with Gasteiger partial charge in [-0.25, -0.2) is 8.78 Å². The smallest absolute Gasteiger partial charge is 0.158 e. The quantitative estimate of drug-likeness (QED) is 0.580. The van der Waals surface area contributed by atoms with E-state index in [1.807, 2.05) is 0 Å². The molecule has 0 atom stereocenters. The summed E-state index contributed by atoms with van der Waals surface area (Å²) in [7, 11) is 0.